The summed E-state index contributed by atoms with van der Waals surface area (Å²) >= 11 is 1.73. The Kier molecular flexibility index (Phi) is 3.31. The predicted molar refractivity (Wildman–Crippen MR) is 85.9 cm³/mol. The van der Waals surface area contributed by atoms with E-state index < -0.39 is 0 Å². The van der Waals surface area contributed by atoms with Gasteiger partial charge < -0.3 is 11.1 Å². The average Bonchev–Trinajstić information content (AvgIpc) is 3.16. The molecule has 1 saturated heterocycles. The lowest BCUT2D eigenvalue weighted by Gasteiger charge is -2.22. The number of rotatable bonds is 2. The molecule has 0 saturated carbocycles. The van der Waals surface area contributed by atoms with E-state index in [1.54, 1.807) is 16.3 Å². The third kappa shape index (κ3) is 2.30. The highest BCUT2D eigenvalue weighted by atomic mass is 32.2. The molecule has 21 heavy (non-hydrogen) atoms. The molecule has 2 unspecified atom stereocenters. The number of nitrogens with two attached hydrogens (primary N) is 1. The fourth-order valence-electron chi connectivity index (χ4n) is 3.03. The number of aliphatic imine (C=N–C) groups is 1. The van der Waals surface area contributed by atoms with Crippen molar-refractivity contribution < 1.29 is 0 Å². The Hall–Kier alpha value is -1.60. The van der Waals surface area contributed by atoms with Gasteiger partial charge in [0.15, 0.2) is 5.65 Å². The van der Waals surface area contributed by atoms with Gasteiger partial charge in [-0.25, -0.2) is 4.98 Å². The van der Waals surface area contributed by atoms with Gasteiger partial charge in [-0.3, -0.25) is 4.99 Å². The number of nitrogens with one attached hydrogen (secondary N) is 1. The summed E-state index contributed by atoms with van der Waals surface area (Å²) in [7, 11) is 0. The van der Waals surface area contributed by atoms with Crippen molar-refractivity contribution in [3.8, 4) is 0 Å². The quantitative estimate of drug-likeness (QED) is 0.880. The van der Waals surface area contributed by atoms with Gasteiger partial charge in [-0.1, -0.05) is 0 Å². The summed E-state index contributed by atoms with van der Waals surface area (Å²) < 4.78 is 1.73. The second kappa shape index (κ2) is 5.31. The van der Waals surface area contributed by atoms with Crippen LogP contribution in [-0.4, -0.2) is 39.0 Å². The fraction of sp³-hybridized carbons (Fsp3) is 0.500. The highest BCUT2D eigenvalue weighted by Gasteiger charge is 2.23. The Morgan fingerprint density at radius 1 is 1.43 bits per heavy atom. The third-order valence-electron chi connectivity index (χ3n) is 4.19. The van der Waals surface area contributed by atoms with Crippen LogP contribution in [0.2, 0.25) is 0 Å². The van der Waals surface area contributed by atoms with Crippen LogP contribution in [0.4, 0.5) is 5.82 Å². The number of aromatic nitrogens is 3. The summed E-state index contributed by atoms with van der Waals surface area (Å²) in [6.07, 6.45) is 4.21. The van der Waals surface area contributed by atoms with E-state index >= 15 is 0 Å². The van der Waals surface area contributed by atoms with E-state index in [1.807, 2.05) is 17.8 Å². The van der Waals surface area contributed by atoms with Gasteiger partial charge in [0.05, 0.1) is 23.5 Å². The molecule has 1 fully saturated rings. The van der Waals surface area contributed by atoms with Crippen LogP contribution in [0.3, 0.4) is 0 Å². The maximum absolute atomic E-state index is 6.17. The molecular weight excluding hydrogens is 284 g/mol. The number of nitrogen functional groups attached to an aromatic ring is 1. The van der Waals surface area contributed by atoms with Crippen molar-refractivity contribution in [2.75, 3.05) is 24.6 Å². The van der Waals surface area contributed by atoms with Crippen molar-refractivity contribution >= 4 is 28.8 Å². The highest BCUT2D eigenvalue weighted by molar-refractivity contribution is 8.12. The van der Waals surface area contributed by atoms with Crippen LogP contribution in [0.1, 0.15) is 36.1 Å². The van der Waals surface area contributed by atoms with Crippen LogP contribution in [0.25, 0.3) is 5.65 Å². The molecule has 2 aliphatic heterocycles. The molecule has 110 valence electrons. The van der Waals surface area contributed by atoms with Crippen LogP contribution in [0.15, 0.2) is 17.3 Å². The monoisotopic (exact) mass is 302 g/mol. The van der Waals surface area contributed by atoms with Crippen LogP contribution < -0.4 is 11.1 Å². The number of piperidine rings is 1. The van der Waals surface area contributed by atoms with Gasteiger partial charge >= 0.3 is 0 Å². The van der Waals surface area contributed by atoms with E-state index in [4.69, 9.17) is 10.7 Å². The van der Waals surface area contributed by atoms with Crippen LogP contribution in [-0.2, 0) is 0 Å². The van der Waals surface area contributed by atoms with Crippen LogP contribution >= 0.6 is 11.8 Å². The Balaban J connectivity index is 1.79. The topological polar surface area (TPSA) is 80.6 Å². The molecule has 4 rings (SSSR count). The van der Waals surface area contributed by atoms with E-state index in [-0.39, 0.29) is 6.04 Å². The summed E-state index contributed by atoms with van der Waals surface area (Å²) in [5.74, 6) is 2.05. The van der Waals surface area contributed by atoms with E-state index in [1.165, 1.54) is 6.42 Å². The standard InChI is InChI=1S/C14H18N6S/c15-13-4-11(9-2-1-3-16-5-9)19-14-10(6-18-20(13)14)12-7-21-8-17-12/h4,6,8-9,12,16H,1-3,5,7,15H2. The summed E-state index contributed by atoms with van der Waals surface area (Å²) in [4.78, 5) is 9.35. The van der Waals surface area contributed by atoms with Crippen LogP contribution in [0.5, 0.6) is 0 Å². The summed E-state index contributed by atoms with van der Waals surface area (Å²) in [6, 6.07) is 2.12. The Morgan fingerprint density at radius 3 is 3.14 bits per heavy atom. The van der Waals surface area contributed by atoms with Crippen molar-refractivity contribution in [1.29, 1.82) is 0 Å². The molecule has 0 radical (unpaired) electrons. The Bertz CT molecular complexity index is 688. The molecule has 2 atom stereocenters. The van der Waals surface area contributed by atoms with Crippen LogP contribution in [0, 0.1) is 0 Å². The lowest BCUT2D eigenvalue weighted by molar-refractivity contribution is 0.455. The number of anilines is 1. The van der Waals surface area contributed by atoms with Gasteiger partial charge in [0.2, 0.25) is 0 Å². The van der Waals surface area contributed by atoms with E-state index in [0.717, 1.165) is 42.2 Å². The molecule has 0 spiro atoms. The SMILES string of the molecule is Nc1cc(C2CCCNC2)nc2c(C3CSC=N3)cnn12. The fourth-order valence-corrected chi connectivity index (χ4v) is 3.80. The van der Waals surface area contributed by atoms with Crippen molar-refractivity contribution in [3.63, 3.8) is 0 Å². The zero-order valence-corrected chi connectivity index (χ0v) is 12.5. The van der Waals surface area contributed by atoms with Crippen molar-refractivity contribution in [2.45, 2.75) is 24.8 Å². The number of nitrogens with zero attached hydrogens (tertiary/aromatic N) is 4. The third-order valence-corrected chi connectivity index (χ3v) is 4.97. The Labute approximate surface area is 127 Å². The van der Waals surface area contributed by atoms with Crippen molar-refractivity contribution in [2.24, 2.45) is 4.99 Å². The van der Waals surface area contributed by atoms with Crippen molar-refractivity contribution in [3.05, 3.63) is 23.5 Å². The van der Waals surface area contributed by atoms with Gasteiger partial charge in [0.1, 0.15) is 5.82 Å². The minimum atomic E-state index is 0.152. The second-order valence-corrected chi connectivity index (χ2v) is 6.47. The number of hydrogen-bond donors (Lipinski definition) is 2. The van der Waals surface area contributed by atoms with Crippen molar-refractivity contribution in [1.82, 2.24) is 19.9 Å². The normalized spacial score (nSPS) is 25.7. The number of thioether (sulfide) groups is 1. The maximum atomic E-state index is 6.17. The molecule has 2 aromatic rings. The van der Waals surface area contributed by atoms with Gasteiger partial charge in [-0.15, -0.1) is 11.8 Å². The average molecular weight is 302 g/mol. The largest absolute Gasteiger partial charge is 0.384 e. The number of hydrogen-bond acceptors (Lipinski definition) is 6. The highest BCUT2D eigenvalue weighted by Crippen LogP contribution is 2.31. The molecule has 0 aliphatic carbocycles. The molecule has 0 bridgehead atoms. The predicted octanol–water partition coefficient (Wildman–Crippen LogP) is 1.59. The molecule has 0 aromatic carbocycles. The minimum Gasteiger partial charge on any atom is -0.384 e. The first-order valence-electron chi connectivity index (χ1n) is 7.31. The first-order valence-corrected chi connectivity index (χ1v) is 8.36. The first-order chi connectivity index (χ1) is 10.3. The molecule has 7 heteroatoms. The van der Waals surface area contributed by atoms with Gasteiger partial charge in [0.25, 0.3) is 0 Å². The summed E-state index contributed by atoms with van der Waals surface area (Å²) in [5.41, 5.74) is 11.1. The van der Waals surface area contributed by atoms with Gasteiger partial charge in [0, 0.05) is 29.8 Å². The molecule has 2 aliphatic rings. The zero-order valence-electron chi connectivity index (χ0n) is 11.7. The molecule has 6 nitrogen and oxygen atoms in total. The molecule has 3 N–H and O–H groups in total. The summed E-state index contributed by atoms with van der Waals surface area (Å²) in [5, 5.41) is 7.81. The second-order valence-electron chi connectivity index (χ2n) is 5.59. The minimum absolute atomic E-state index is 0.152. The van der Waals surface area contributed by atoms with Gasteiger partial charge in [-0.05, 0) is 19.4 Å². The smallest absolute Gasteiger partial charge is 0.162 e. The zero-order chi connectivity index (χ0) is 14.2. The summed E-state index contributed by atoms with van der Waals surface area (Å²) in [6.45, 7) is 2.07. The Morgan fingerprint density at radius 2 is 2.38 bits per heavy atom. The number of fused-ring (bicyclic) bond motifs is 1. The lowest BCUT2D eigenvalue weighted by atomic mass is 9.96. The van der Waals surface area contributed by atoms with E-state index in [2.05, 4.69) is 15.4 Å². The van der Waals surface area contributed by atoms with E-state index in [9.17, 15) is 0 Å². The van der Waals surface area contributed by atoms with E-state index in [0.29, 0.717) is 11.7 Å². The molecule has 4 heterocycles. The molecular formula is C14H18N6S. The lowest BCUT2D eigenvalue weighted by Crippen LogP contribution is -2.29. The van der Waals surface area contributed by atoms with Gasteiger partial charge in [-0.2, -0.15) is 9.61 Å². The first kappa shape index (κ1) is 13.1. The maximum Gasteiger partial charge on any atom is 0.162 e. The molecule has 2 aromatic heterocycles. The molecule has 0 amide bonds.